The fourth-order valence-electron chi connectivity index (χ4n) is 1.52. The van der Waals surface area contributed by atoms with Crippen LogP contribution in [0.5, 0.6) is 0 Å². The van der Waals surface area contributed by atoms with Gasteiger partial charge < -0.3 is 10.5 Å². The van der Waals surface area contributed by atoms with Gasteiger partial charge in [0.25, 0.3) is 0 Å². The number of ether oxygens (including phenoxy) is 1. The number of nitrogens with two attached hydrogens (primary N) is 1. The summed E-state index contributed by atoms with van der Waals surface area (Å²) < 4.78 is 5.47. The van der Waals surface area contributed by atoms with E-state index < -0.39 is 0 Å². The van der Waals surface area contributed by atoms with Crippen LogP contribution in [-0.2, 0) is 4.74 Å². The van der Waals surface area contributed by atoms with Gasteiger partial charge in [0.15, 0.2) is 0 Å². The van der Waals surface area contributed by atoms with E-state index >= 15 is 0 Å². The van der Waals surface area contributed by atoms with Gasteiger partial charge in [-0.2, -0.15) is 0 Å². The fourth-order valence-corrected chi connectivity index (χ4v) is 1.52. The molecule has 2 heteroatoms. The van der Waals surface area contributed by atoms with Gasteiger partial charge in [-0.05, 0) is 26.3 Å². The number of benzene rings is 1. The van der Waals surface area contributed by atoms with E-state index in [4.69, 9.17) is 10.5 Å². The lowest BCUT2D eigenvalue weighted by atomic mass is 10.0. The van der Waals surface area contributed by atoms with Gasteiger partial charge in [0.1, 0.15) is 0 Å². The Balaban J connectivity index is 2.73. The van der Waals surface area contributed by atoms with Crippen molar-refractivity contribution >= 4 is 0 Å². The molecule has 0 bridgehead atoms. The minimum atomic E-state index is -0.0325. The van der Waals surface area contributed by atoms with Crippen molar-refractivity contribution in [2.75, 3.05) is 6.61 Å². The van der Waals surface area contributed by atoms with E-state index in [-0.39, 0.29) is 12.1 Å². The minimum absolute atomic E-state index is 0.0325. The lowest BCUT2D eigenvalue weighted by molar-refractivity contribution is 0.0574. The van der Waals surface area contributed by atoms with Crippen LogP contribution in [0.3, 0.4) is 0 Å². The van der Waals surface area contributed by atoms with Crippen LogP contribution in [-0.4, -0.2) is 12.7 Å². The molecule has 2 atom stereocenters. The fraction of sp³-hybridized carbons (Fsp3) is 0.500. The Bertz CT molecular complexity index is 285. The molecule has 78 valence electrons. The Labute approximate surface area is 86.1 Å². The van der Waals surface area contributed by atoms with Crippen molar-refractivity contribution in [3.63, 3.8) is 0 Å². The van der Waals surface area contributed by atoms with E-state index in [1.807, 2.05) is 26.0 Å². The normalized spacial score (nSPS) is 15.1. The van der Waals surface area contributed by atoms with Gasteiger partial charge in [0.05, 0.1) is 12.1 Å². The molecule has 0 heterocycles. The highest BCUT2D eigenvalue weighted by molar-refractivity contribution is 5.25. The van der Waals surface area contributed by atoms with Crippen molar-refractivity contribution in [2.45, 2.75) is 32.9 Å². The Kier molecular flexibility index (Phi) is 4.11. The molecule has 0 aromatic heterocycles. The lowest BCUT2D eigenvalue weighted by Gasteiger charge is -2.20. The molecule has 14 heavy (non-hydrogen) atoms. The summed E-state index contributed by atoms with van der Waals surface area (Å²) in [5.74, 6) is 0. The number of aryl methyl sites for hydroxylation is 1. The molecule has 2 nitrogen and oxygen atoms in total. The number of hydrogen-bond donors (Lipinski definition) is 1. The molecule has 0 fully saturated rings. The van der Waals surface area contributed by atoms with Crippen molar-refractivity contribution in [3.05, 3.63) is 35.4 Å². The molecule has 0 saturated carbocycles. The molecule has 0 saturated heterocycles. The summed E-state index contributed by atoms with van der Waals surface area (Å²) in [4.78, 5) is 0. The van der Waals surface area contributed by atoms with E-state index in [0.717, 1.165) is 5.56 Å². The monoisotopic (exact) mass is 193 g/mol. The molecule has 0 radical (unpaired) electrons. The molecule has 1 aromatic rings. The highest BCUT2D eigenvalue weighted by atomic mass is 16.5. The second kappa shape index (κ2) is 5.13. The van der Waals surface area contributed by atoms with Crippen LogP contribution in [0, 0.1) is 6.92 Å². The van der Waals surface area contributed by atoms with E-state index in [0.29, 0.717) is 6.61 Å². The quantitative estimate of drug-likeness (QED) is 0.797. The third-order valence-electron chi connectivity index (χ3n) is 2.36. The van der Waals surface area contributed by atoms with Crippen molar-refractivity contribution in [1.82, 2.24) is 0 Å². The summed E-state index contributed by atoms with van der Waals surface area (Å²) in [5.41, 5.74) is 8.45. The first-order chi connectivity index (χ1) is 6.65. The Morgan fingerprint density at radius 2 is 2.14 bits per heavy atom. The number of hydrogen-bond acceptors (Lipinski definition) is 2. The van der Waals surface area contributed by atoms with E-state index in [2.05, 4.69) is 19.1 Å². The summed E-state index contributed by atoms with van der Waals surface area (Å²) in [6, 6.07) is 8.23. The third kappa shape index (κ3) is 2.82. The zero-order valence-electron chi connectivity index (χ0n) is 9.16. The Hall–Kier alpha value is -0.860. The highest BCUT2D eigenvalue weighted by Crippen LogP contribution is 2.17. The van der Waals surface area contributed by atoms with Crippen molar-refractivity contribution in [2.24, 2.45) is 5.73 Å². The second-order valence-corrected chi connectivity index (χ2v) is 3.60. The molecule has 1 rings (SSSR count). The SMILES string of the molecule is CCOC(C)C(N)c1cccc(C)c1. The van der Waals surface area contributed by atoms with Crippen LogP contribution in [0.1, 0.15) is 31.0 Å². The summed E-state index contributed by atoms with van der Waals surface area (Å²) >= 11 is 0. The van der Waals surface area contributed by atoms with Crippen LogP contribution >= 0.6 is 0 Å². The van der Waals surface area contributed by atoms with E-state index in [1.165, 1.54) is 5.56 Å². The zero-order chi connectivity index (χ0) is 10.6. The maximum absolute atomic E-state index is 6.07. The van der Waals surface area contributed by atoms with Crippen LogP contribution in [0.2, 0.25) is 0 Å². The topological polar surface area (TPSA) is 35.2 Å². The Morgan fingerprint density at radius 3 is 2.71 bits per heavy atom. The van der Waals surface area contributed by atoms with E-state index in [9.17, 15) is 0 Å². The molecule has 0 aliphatic rings. The van der Waals surface area contributed by atoms with Gasteiger partial charge in [0, 0.05) is 6.61 Å². The van der Waals surface area contributed by atoms with Crippen LogP contribution in [0.4, 0.5) is 0 Å². The molecule has 0 aliphatic carbocycles. The predicted octanol–water partition coefficient (Wildman–Crippen LogP) is 2.42. The van der Waals surface area contributed by atoms with Crippen LogP contribution in [0.25, 0.3) is 0 Å². The van der Waals surface area contributed by atoms with Crippen LogP contribution < -0.4 is 5.73 Å². The third-order valence-corrected chi connectivity index (χ3v) is 2.36. The first-order valence-electron chi connectivity index (χ1n) is 5.09. The summed E-state index contributed by atoms with van der Waals surface area (Å²) in [5, 5.41) is 0. The summed E-state index contributed by atoms with van der Waals surface area (Å²) in [6.07, 6.45) is 0.0711. The highest BCUT2D eigenvalue weighted by Gasteiger charge is 2.14. The van der Waals surface area contributed by atoms with Gasteiger partial charge >= 0.3 is 0 Å². The average molecular weight is 193 g/mol. The molecular formula is C12H19NO. The molecular weight excluding hydrogens is 174 g/mol. The van der Waals surface area contributed by atoms with Gasteiger partial charge in [0.2, 0.25) is 0 Å². The maximum Gasteiger partial charge on any atom is 0.0739 e. The molecule has 0 amide bonds. The second-order valence-electron chi connectivity index (χ2n) is 3.60. The van der Waals surface area contributed by atoms with Gasteiger partial charge in [-0.1, -0.05) is 29.8 Å². The first-order valence-corrected chi connectivity index (χ1v) is 5.09. The molecule has 2 N–H and O–H groups in total. The molecule has 0 aliphatic heterocycles. The van der Waals surface area contributed by atoms with Crippen molar-refractivity contribution in [3.8, 4) is 0 Å². The minimum Gasteiger partial charge on any atom is -0.377 e. The van der Waals surface area contributed by atoms with Gasteiger partial charge in [-0.15, -0.1) is 0 Å². The maximum atomic E-state index is 6.07. The van der Waals surface area contributed by atoms with Crippen molar-refractivity contribution < 1.29 is 4.74 Å². The first kappa shape index (κ1) is 11.2. The summed E-state index contributed by atoms with van der Waals surface area (Å²) in [7, 11) is 0. The van der Waals surface area contributed by atoms with E-state index in [1.54, 1.807) is 0 Å². The lowest BCUT2D eigenvalue weighted by Crippen LogP contribution is -2.26. The van der Waals surface area contributed by atoms with Crippen LogP contribution in [0.15, 0.2) is 24.3 Å². The predicted molar refractivity (Wildman–Crippen MR) is 59.2 cm³/mol. The van der Waals surface area contributed by atoms with Gasteiger partial charge in [-0.25, -0.2) is 0 Å². The zero-order valence-corrected chi connectivity index (χ0v) is 9.16. The molecule has 0 spiro atoms. The van der Waals surface area contributed by atoms with Gasteiger partial charge in [-0.3, -0.25) is 0 Å². The molecule has 2 unspecified atom stereocenters. The average Bonchev–Trinajstić information content (AvgIpc) is 2.17. The molecule has 1 aromatic carbocycles. The number of rotatable bonds is 4. The smallest absolute Gasteiger partial charge is 0.0739 e. The standard InChI is InChI=1S/C12H19NO/c1-4-14-10(3)12(13)11-7-5-6-9(2)8-11/h5-8,10,12H,4,13H2,1-3H3. The van der Waals surface area contributed by atoms with Crippen molar-refractivity contribution in [1.29, 1.82) is 0 Å². The Morgan fingerprint density at radius 1 is 1.43 bits per heavy atom. The largest absolute Gasteiger partial charge is 0.377 e. The summed E-state index contributed by atoms with van der Waals surface area (Å²) in [6.45, 7) is 6.78.